The van der Waals surface area contributed by atoms with Gasteiger partial charge < -0.3 is 14.2 Å². The Kier molecular flexibility index (Phi) is 6.62. The van der Waals surface area contributed by atoms with Crippen molar-refractivity contribution in [3.8, 4) is 0 Å². The summed E-state index contributed by atoms with van der Waals surface area (Å²) in [7, 11) is -3.26. The average Bonchev–Trinajstić information content (AvgIpc) is 3.00. The zero-order valence-electron chi connectivity index (χ0n) is 17.5. The van der Waals surface area contributed by atoms with Crippen LogP contribution in [0.3, 0.4) is 0 Å². The van der Waals surface area contributed by atoms with E-state index in [1.807, 2.05) is 48.7 Å². The molecule has 1 fully saturated rings. The molecular formula is C21H27N3O5S. The van der Waals surface area contributed by atoms with Gasteiger partial charge in [-0.25, -0.2) is 13.2 Å². The summed E-state index contributed by atoms with van der Waals surface area (Å²) in [6, 6.07) is 11.7. The van der Waals surface area contributed by atoms with Gasteiger partial charge >= 0.3 is 5.97 Å². The van der Waals surface area contributed by atoms with Crippen LogP contribution in [0.2, 0.25) is 0 Å². The van der Waals surface area contributed by atoms with Crippen LogP contribution in [0.15, 0.2) is 36.4 Å². The molecule has 8 nitrogen and oxygen atoms in total. The topological polar surface area (TPSA) is 88.9 Å². The molecule has 0 bridgehead atoms. The number of nitrogens with zero attached hydrogens (tertiary/aromatic N) is 3. The molecule has 1 aromatic carbocycles. The van der Waals surface area contributed by atoms with Gasteiger partial charge in [-0.2, -0.15) is 4.31 Å². The number of aryl methyl sites for hydroxylation is 1. The number of piperazine rings is 1. The van der Waals surface area contributed by atoms with Crippen molar-refractivity contribution in [1.29, 1.82) is 0 Å². The molecule has 2 heterocycles. The van der Waals surface area contributed by atoms with Gasteiger partial charge in [0.2, 0.25) is 10.0 Å². The summed E-state index contributed by atoms with van der Waals surface area (Å²) < 4.78 is 31.8. The second kappa shape index (κ2) is 9.01. The van der Waals surface area contributed by atoms with E-state index in [4.69, 9.17) is 4.74 Å². The van der Waals surface area contributed by atoms with Crippen molar-refractivity contribution in [1.82, 2.24) is 13.8 Å². The van der Waals surface area contributed by atoms with Crippen molar-refractivity contribution >= 4 is 21.9 Å². The molecule has 2 aromatic rings. The molecular weight excluding hydrogens is 406 g/mol. The number of amides is 1. The molecule has 0 saturated carbocycles. The molecule has 0 atom stereocenters. The number of rotatable bonds is 6. The maximum absolute atomic E-state index is 12.6. The van der Waals surface area contributed by atoms with Crippen LogP contribution in [0.4, 0.5) is 0 Å². The van der Waals surface area contributed by atoms with Crippen LogP contribution < -0.4 is 0 Å². The Hall–Kier alpha value is -2.65. The van der Waals surface area contributed by atoms with Crippen molar-refractivity contribution in [2.45, 2.75) is 20.4 Å². The largest absolute Gasteiger partial charge is 0.452 e. The fourth-order valence-electron chi connectivity index (χ4n) is 3.58. The molecule has 0 radical (unpaired) electrons. The minimum atomic E-state index is -3.26. The maximum Gasteiger partial charge on any atom is 0.340 e. The second-order valence-electron chi connectivity index (χ2n) is 7.48. The zero-order chi connectivity index (χ0) is 21.9. The zero-order valence-corrected chi connectivity index (χ0v) is 18.3. The van der Waals surface area contributed by atoms with Crippen molar-refractivity contribution < 1.29 is 22.7 Å². The molecule has 1 aliphatic heterocycles. The third-order valence-corrected chi connectivity index (χ3v) is 6.67. The molecule has 0 N–H and O–H groups in total. The molecule has 0 spiro atoms. The van der Waals surface area contributed by atoms with Gasteiger partial charge in [0.25, 0.3) is 5.91 Å². The Morgan fingerprint density at radius 1 is 1.03 bits per heavy atom. The average molecular weight is 434 g/mol. The Labute approximate surface area is 177 Å². The van der Waals surface area contributed by atoms with Crippen LogP contribution >= 0.6 is 0 Å². The Balaban J connectivity index is 1.58. The van der Waals surface area contributed by atoms with E-state index in [0.717, 1.165) is 23.2 Å². The molecule has 1 aromatic heterocycles. The molecule has 162 valence electrons. The lowest BCUT2D eigenvalue weighted by molar-refractivity contribution is -0.135. The van der Waals surface area contributed by atoms with Crippen LogP contribution in [0, 0.1) is 13.8 Å². The highest BCUT2D eigenvalue weighted by Gasteiger charge is 2.27. The van der Waals surface area contributed by atoms with Gasteiger partial charge in [0.1, 0.15) is 0 Å². The molecule has 30 heavy (non-hydrogen) atoms. The van der Waals surface area contributed by atoms with Gasteiger partial charge in [0.15, 0.2) is 6.61 Å². The maximum atomic E-state index is 12.6. The summed E-state index contributed by atoms with van der Waals surface area (Å²) in [5, 5.41) is 0. The van der Waals surface area contributed by atoms with Crippen molar-refractivity contribution in [2.24, 2.45) is 0 Å². The lowest BCUT2D eigenvalue weighted by atomic mass is 10.2. The van der Waals surface area contributed by atoms with E-state index in [1.54, 1.807) is 6.07 Å². The first-order valence-electron chi connectivity index (χ1n) is 9.77. The normalized spacial score (nSPS) is 15.2. The summed E-state index contributed by atoms with van der Waals surface area (Å²) >= 11 is 0. The summed E-state index contributed by atoms with van der Waals surface area (Å²) in [5.74, 6) is -0.861. The molecule has 1 saturated heterocycles. The molecule has 9 heteroatoms. The van der Waals surface area contributed by atoms with Crippen LogP contribution in [-0.4, -0.2) is 73.1 Å². The number of aromatic nitrogens is 1. The van der Waals surface area contributed by atoms with Gasteiger partial charge in [0, 0.05) is 44.1 Å². The molecule has 1 amide bonds. The van der Waals surface area contributed by atoms with Gasteiger partial charge in [-0.1, -0.05) is 30.3 Å². The molecule has 3 rings (SSSR count). The van der Waals surface area contributed by atoms with Crippen LogP contribution in [0.1, 0.15) is 27.3 Å². The van der Waals surface area contributed by atoms with Crippen molar-refractivity contribution in [3.63, 3.8) is 0 Å². The lowest BCUT2D eigenvalue weighted by Gasteiger charge is -2.33. The number of benzene rings is 1. The fraction of sp³-hybridized carbons (Fsp3) is 0.429. The van der Waals surface area contributed by atoms with E-state index in [0.29, 0.717) is 12.1 Å². The number of esters is 1. The van der Waals surface area contributed by atoms with E-state index in [9.17, 15) is 18.0 Å². The van der Waals surface area contributed by atoms with Crippen LogP contribution in [0.5, 0.6) is 0 Å². The SMILES string of the molecule is Cc1cc(C(=O)OCC(=O)N2CCN(S(C)(=O)=O)CC2)c(C)n1Cc1ccccc1. The van der Waals surface area contributed by atoms with E-state index in [2.05, 4.69) is 0 Å². The van der Waals surface area contributed by atoms with Gasteiger partial charge in [0.05, 0.1) is 11.8 Å². The number of carbonyl (C=O) groups is 2. The van der Waals surface area contributed by atoms with Gasteiger partial charge in [-0.05, 0) is 25.5 Å². The smallest absolute Gasteiger partial charge is 0.340 e. The van der Waals surface area contributed by atoms with E-state index in [1.165, 1.54) is 9.21 Å². The molecule has 1 aliphatic rings. The third-order valence-electron chi connectivity index (χ3n) is 5.36. The van der Waals surface area contributed by atoms with Crippen LogP contribution in [0.25, 0.3) is 0 Å². The van der Waals surface area contributed by atoms with Gasteiger partial charge in [-0.3, -0.25) is 4.79 Å². The van der Waals surface area contributed by atoms with E-state index < -0.39 is 16.0 Å². The first-order chi connectivity index (χ1) is 14.2. The van der Waals surface area contributed by atoms with Crippen LogP contribution in [-0.2, 0) is 26.1 Å². The highest BCUT2D eigenvalue weighted by atomic mass is 32.2. The van der Waals surface area contributed by atoms with Gasteiger partial charge in [-0.15, -0.1) is 0 Å². The number of carbonyl (C=O) groups excluding carboxylic acids is 2. The predicted molar refractivity (Wildman–Crippen MR) is 113 cm³/mol. The summed E-state index contributed by atoms with van der Waals surface area (Å²) in [4.78, 5) is 26.4. The monoisotopic (exact) mass is 433 g/mol. The Morgan fingerprint density at radius 2 is 1.67 bits per heavy atom. The number of sulfonamides is 1. The number of hydrogen-bond donors (Lipinski definition) is 0. The first-order valence-corrected chi connectivity index (χ1v) is 11.6. The van der Waals surface area contributed by atoms with E-state index in [-0.39, 0.29) is 38.7 Å². The predicted octanol–water partition coefficient (Wildman–Crippen LogP) is 1.41. The summed E-state index contributed by atoms with van der Waals surface area (Å²) in [6.07, 6.45) is 1.15. The minimum Gasteiger partial charge on any atom is -0.452 e. The fourth-order valence-corrected chi connectivity index (χ4v) is 4.41. The van der Waals surface area contributed by atoms with E-state index >= 15 is 0 Å². The van der Waals surface area contributed by atoms with Crippen molar-refractivity contribution in [2.75, 3.05) is 39.0 Å². The second-order valence-corrected chi connectivity index (χ2v) is 9.46. The summed E-state index contributed by atoms with van der Waals surface area (Å²) in [6.45, 7) is 5.15. The molecule has 0 aliphatic carbocycles. The minimum absolute atomic E-state index is 0.249. The van der Waals surface area contributed by atoms with Crippen molar-refractivity contribution in [3.05, 3.63) is 58.9 Å². The number of ether oxygens (including phenoxy) is 1. The highest BCUT2D eigenvalue weighted by molar-refractivity contribution is 7.88. The first kappa shape index (κ1) is 22.0. The third kappa shape index (κ3) is 5.09. The quantitative estimate of drug-likeness (QED) is 0.643. The summed E-state index contributed by atoms with van der Waals surface area (Å²) in [5.41, 5.74) is 3.29. The lowest BCUT2D eigenvalue weighted by Crippen LogP contribution is -2.51. The standard InChI is InChI=1S/C21H27N3O5S/c1-16-13-19(17(2)24(16)14-18-7-5-4-6-8-18)21(26)29-15-20(25)22-9-11-23(12-10-22)30(3,27)28/h4-8,13H,9-12,14-15H2,1-3H3. The number of hydrogen-bond acceptors (Lipinski definition) is 5. The Morgan fingerprint density at radius 3 is 2.27 bits per heavy atom. The Bertz CT molecular complexity index is 1020. The highest BCUT2D eigenvalue weighted by Crippen LogP contribution is 2.18. The molecule has 0 unspecified atom stereocenters.